The van der Waals surface area contributed by atoms with Gasteiger partial charge < -0.3 is 4.57 Å². The third-order valence-electron chi connectivity index (χ3n) is 5.02. The number of hydrogen-bond acceptors (Lipinski definition) is 5. The summed E-state index contributed by atoms with van der Waals surface area (Å²) in [5.74, 6) is 1.01. The third kappa shape index (κ3) is 5.39. The zero-order chi connectivity index (χ0) is 21.7. The van der Waals surface area contributed by atoms with Gasteiger partial charge in [0.05, 0.1) is 17.8 Å². The second-order valence-corrected chi connectivity index (χ2v) is 9.66. The molecular weight excluding hydrogens is 460 g/mol. The van der Waals surface area contributed by atoms with Crippen LogP contribution < -0.4 is 0 Å². The molecule has 2 atom stereocenters. The normalized spacial score (nSPS) is 13.4. The first-order valence-electron chi connectivity index (χ1n) is 10.0. The summed E-state index contributed by atoms with van der Waals surface area (Å²) < 4.78 is 3.11. The van der Waals surface area contributed by atoms with Gasteiger partial charge in [0.25, 0.3) is 0 Å². The van der Waals surface area contributed by atoms with Crippen LogP contribution in [0, 0.1) is 0 Å². The van der Waals surface area contributed by atoms with Crippen LogP contribution in [0.2, 0.25) is 0 Å². The summed E-state index contributed by atoms with van der Waals surface area (Å²) in [6.07, 6.45) is 0.929. The number of carbonyl (C=O) groups is 1. The van der Waals surface area contributed by atoms with Crippen LogP contribution in [-0.2, 0) is 6.54 Å². The maximum atomic E-state index is 12.9. The Morgan fingerprint density at radius 3 is 2.37 bits per heavy atom. The molecule has 0 bridgehead atoms. The second-order valence-electron chi connectivity index (χ2n) is 7.43. The Hall–Kier alpha value is -1.96. The summed E-state index contributed by atoms with van der Waals surface area (Å²) >= 11 is 4.89. The zero-order valence-corrected chi connectivity index (χ0v) is 20.2. The van der Waals surface area contributed by atoms with Crippen molar-refractivity contribution in [1.82, 2.24) is 19.7 Å². The van der Waals surface area contributed by atoms with E-state index < -0.39 is 0 Å². The van der Waals surface area contributed by atoms with E-state index in [2.05, 4.69) is 68.7 Å². The fourth-order valence-electron chi connectivity index (χ4n) is 3.39. The molecule has 0 aliphatic rings. The Kier molecular flexibility index (Phi) is 7.86. The molecule has 0 fully saturated rings. The lowest BCUT2D eigenvalue weighted by Crippen LogP contribution is -2.23. The number of benzene rings is 2. The van der Waals surface area contributed by atoms with Gasteiger partial charge in [0.15, 0.2) is 16.8 Å². The van der Waals surface area contributed by atoms with Crippen LogP contribution in [0.1, 0.15) is 48.1 Å². The van der Waals surface area contributed by atoms with Gasteiger partial charge in [-0.1, -0.05) is 77.1 Å². The highest BCUT2D eigenvalue weighted by atomic mass is 79.9. The highest BCUT2D eigenvalue weighted by molar-refractivity contribution is 9.10. The van der Waals surface area contributed by atoms with Crippen molar-refractivity contribution in [2.75, 3.05) is 14.1 Å². The first-order valence-corrected chi connectivity index (χ1v) is 11.7. The fraction of sp³-hybridized carbons (Fsp3) is 0.348. The molecule has 2 aromatic carbocycles. The number of thioether (sulfide) groups is 1. The van der Waals surface area contributed by atoms with Gasteiger partial charge in [0.1, 0.15) is 0 Å². The molecule has 0 spiro atoms. The van der Waals surface area contributed by atoms with Crippen LogP contribution in [0.4, 0.5) is 0 Å². The molecule has 0 saturated carbocycles. The highest BCUT2D eigenvalue weighted by Crippen LogP contribution is 2.29. The minimum Gasteiger partial charge on any atom is -0.300 e. The lowest BCUT2D eigenvalue weighted by Gasteiger charge is -2.23. The molecule has 1 heterocycles. The summed E-state index contributed by atoms with van der Waals surface area (Å²) in [7, 11) is 4.12. The maximum Gasteiger partial charge on any atom is 0.192 e. The summed E-state index contributed by atoms with van der Waals surface area (Å²) in [5, 5.41) is 9.52. The van der Waals surface area contributed by atoms with Gasteiger partial charge in [-0.15, -0.1) is 10.2 Å². The minimum atomic E-state index is -0.266. The molecule has 0 unspecified atom stereocenters. The van der Waals surface area contributed by atoms with E-state index in [1.54, 1.807) is 0 Å². The zero-order valence-electron chi connectivity index (χ0n) is 17.7. The van der Waals surface area contributed by atoms with Gasteiger partial charge in [-0.25, -0.2) is 0 Å². The summed E-state index contributed by atoms with van der Waals surface area (Å²) in [6, 6.07) is 17.9. The van der Waals surface area contributed by atoms with E-state index in [1.807, 2.05) is 49.4 Å². The number of ketones is 1. The van der Waals surface area contributed by atoms with Crippen LogP contribution in [-0.4, -0.2) is 44.8 Å². The number of aromatic nitrogens is 3. The van der Waals surface area contributed by atoms with Crippen LogP contribution in [0.25, 0.3) is 0 Å². The molecule has 0 saturated heterocycles. The molecule has 0 amide bonds. The number of nitrogens with zero attached hydrogens (tertiary/aromatic N) is 4. The second kappa shape index (κ2) is 10.4. The molecule has 3 aromatic rings. The van der Waals surface area contributed by atoms with E-state index in [1.165, 1.54) is 17.3 Å². The SMILES string of the molecule is CC[C@H](c1nnc(S[C@@H](C)C(=O)c2ccc(Br)cc2)n1Cc1ccccc1)N(C)C. The average Bonchev–Trinajstić information content (AvgIpc) is 3.11. The number of halogens is 1. The van der Waals surface area contributed by atoms with Crippen molar-refractivity contribution in [2.45, 2.75) is 43.3 Å². The predicted octanol–water partition coefficient (Wildman–Crippen LogP) is 5.47. The quantitative estimate of drug-likeness (QED) is 0.296. The maximum absolute atomic E-state index is 12.9. The Morgan fingerprint density at radius 1 is 1.10 bits per heavy atom. The molecule has 1 aromatic heterocycles. The van der Waals surface area contributed by atoms with Crippen LogP contribution in [0.3, 0.4) is 0 Å². The molecular formula is C23H27BrN4OS. The molecule has 0 radical (unpaired) electrons. The third-order valence-corrected chi connectivity index (χ3v) is 6.63. The van der Waals surface area contributed by atoms with Crippen molar-refractivity contribution in [3.05, 3.63) is 76.0 Å². The Labute approximate surface area is 191 Å². The molecule has 0 N–H and O–H groups in total. The average molecular weight is 487 g/mol. The molecule has 7 heteroatoms. The van der Waals surface area contributed by atoms with Crippen molar-refractivity contribution in [1.29, 1.82) is 0 Å². The number of rotatable bonds is 9. The molecule has 3 rings (SSSR count). The monoisotopic (exact) mass is 486 g/mol. The van der Waals surface area contributed by atoms with Crippen molar-refractivity contribution >= 4 is 33.5 Å². The molecule has 30 heavy (non-hydrogen) atoms. The van der Waals surface area contributed by atoms with Gasteiger partial charge in [-0.3, -0.25) is 9.69 Å². The highest BCUT2D eigenvalue weighted by Gasteiger charge is 2.25. The van der Waals surface area contributed by atoms with Crippen LogP contribution in [0.15, 0.2) is 64.2 Å². The molecule has 5 nitrogen and oxygen atoms in total. The van der Waals surface area contributed by atoms with Gasteiger partial charge in [-0.05, 0) is 45.1 Å². The first-order chi connectivity index (χ1) is 14.4. The Morgan fingerprint density at radius 2 is 1.77 bits per heavy atom. The number of hydrogen-bond donors (Lipinski definition) is 0. The van der Waals surface area contributed by atoms with E-state index in [9.17, 15) is 4.79 Å². The van der Waals surface area contributed by atoms with Gasteiger partial charge >= 0.3 is 0 Å². The fourth-order valence-corrected chi connectivity index (χ4v) is 4.58. The Bertz CT molecular complexity index is 973. The standard InChI is InChI=1S/C23H27BrN4OS/c1-5-20(27(3)4)22-25-26-23(28(22)15-17-9-7-6-8-10-17)30-16(2)21(29)18-11-13-19(24)14-12-18/h6-14,16,20H,5,15H2,1-4H3/t16-,20+/m0/s1. The van der Waals surface area contributed by atoms with E-state index in [0.29, 0.717) is 12.1 Å². The smallest absolute Gasteiger partial charge is 0.192 e. The predicted molar refractivity (Wildman–Crippen MR) is 126 cm³/mol. The number of Topliss-reactive ketones (excluding diaryl/α,β-unsaturated/α-hetero) is 1. The lowest BCUT2D eigenvalue weighted by atomic mass is 10.1. The number of carbonyl (C=O) groups excluding carboxylic acids is 1. The van der Waals surface area contributed by atoms with Crippen molar-refractivity contribution < 1.29 is 4.79 Å². The van der Waals surface area contributed by atoms with E-state index in [4.69, 9.17) is 0 Å². The summed E-state index contributed by atoms with van der Waals surface area (Å²) in [5.41, 5.74) is 1.88. The van der Waals surface area contributed by atoms with Crippen LogP contribution >= 0.6 is 27.7 Å². The van der Waals surface area contributed by atoms with Crippen molar-refractivity contribution in [3.63, 3.8) is 0 Å². The van der Waals surface area contributed by atoms with E-state index in [-0.39, 0.29) is 17.1 Å². The van der Waals surface area contributed by atoms with Crippen molar-refractivity contribution in [3.8, 4) is 0 Å². The van der Waals surface area contributed by atoms with Gasteiger partial charge in [0.2, 0.25) is 0 Å². The van der Waals surface area contributed by atoms with E-state index >= 15 is 0 Å². The minimum absolute atomic E-state index is 0.0861. The Balaban J connectivity index is 1.90. The lowest BCUT2D eigenvalue weighted by molar-refractivity contribution is 0.0994. The first kappa shape index (κ1) is 22.7. The van der Waals surface area contributed by atoms with E-state index in [0.717, 1.165) is 21.9 Å². The molecule has 0 aliphatic carbocycles. The molecule has 158 valence electrons. The van der Waals surface area contributed by atoms with Crippen LogP contribution in [0.5, 0.6) is 0 Å². The van der Waals surface area contributed by atoms with Crippen molar-refractivity contribution in [2.24, 2.45) is 0 Å². The van der Waals surface area contributed by atoms with Gasteiger partial charge in [0, 0.05) is 10.0 Å². The topological polar surface area (TPSA) is 51.0 Å². The summed E-state index contributed by atoms with van der Waals surface area (Å²) in [4.78, 5) is 15.1. The summed E-state index contributed by atoms with van der Waals surface area (Å²) in [6.45, 7) is 4.76. The molecule has 0 aliphatic heterocycles. The van der Waals surface area contributed by atoms with Gasteiger partial charge in [-0.2, -0.15) is 0 Å². The largest absolute Gasteiger partial charge is 0.300 e.